The minimum absolute atomic E-state index is 0. The zero-order valence-corrected chi connectivity index (χ0v) is 10.1. The van der Waals surface area contributed by atoms with Crippen LogP contribution in [-0.2, 0) is 10.1 Å². The van der Waals surface area contributed by atoms with Gasteiger partial charge in [-0.25, -0.2) is 8.42 Å². The van der Waals surface area contributed by atoms with Crippen molar-refractivity contribution in [3.8, 4) is 0 Å². The molecule has 0 saturated carbocycles. The van der Waals surface area contributed by atoms with Gasteiger partial charge in [0, 0.05) is 4.91 Å². The Labute approximate surface area is 103 Å². The van der Waals surface area contributed by atoms with E-state index in [4.69, 9.17) is 5.53 Å². The number of hydrogen-bond acceptors (Lipinski definition) is 4. The van der Waals surface area contributed by atoms with Crippen LogP contribution in [-0.4, -0.2) is 13.0 Å². The van der Waals surface area contributed by atoms with Gasteiger partial charge in [-0.3, -0.25) is 0 Å². The van der Waals surface area contributed by atoms with Gasteiger partial charge in [0.05, 0.1) is 10.6 Å². The van der Waals surface area contributed by atoms with E-state index in [1.54, 1.807) is 0 Å². The fraction of sp³-hybridized carbons (Fsp3) is 0. The van der Waals surface area contributed by atoms with Gasteiger partial charge >= 0.3 is 29.6 Å². The fourth-order valence-corrected chi connectivity index (χ4v) is 1.41. The Balaban J connectivity index is 0.00000169. The molecule has 0 aliphatic heterocycles. The second kappa shape index (κ2) is 5.35. The van der Waals surface area contributed by atoms with Crippen molar-refractivity contribution in [2.75, 3.05) is 0 Å². The van der Waals surface area contributed by atoms with Crippen LogP contribution in [0.25, 0.3) is 10.4 Å². The minimum Gasteiger partial charge on any atom is -0.744 e. The molecule has 1 aromatic carbocycles. The molecule has 1 aromatic rings. The Kier molecular flexibility index (Phi) is 5.14. The van der Waals surface area contributed by atoms with E-state index in [9.17, 15) is 13.0 Å². The van der Waals surface area contributed by atoms with Crippen LogP contribution in [0.5, 0.6) is 0 Å². The first kappa shape index (κ1) is 13.4. The molecule has 68 valence electrons. The monoisotopic (exact) mass is 221 g/mol. The van der Waals surface area contributed by atoms with Crippen LogP contribution in [0.3, 0.4) is 0 Å². The molecule has 1 rings (SSSR count). The summed E-state index contributed by atoms with van der Waals surface area (Å²) in [7, 11) is -4.57. The van der Waals surface area contributed by atoms with Gasteiger partial charge in [-0.1, -0.05) is 23.3 Å². The average Bonchev–Trinajstić information content (AvgIpc) is 2.04. The van der Waals surface area contributed by atoms with Crippen LogP contribution in [0.1, 0.15) is 0 Å². The second-order valence-electron chi connectivity index (χ2n) is 2.11. The molecule has 14 heavy (non-hydrogen) atoms. The van der Waals surface area contributed by atoms with Gasteiger partial charge in [0.2, 0.25) is 0 Å². The number of benzene rings is 1. The number of rotatable bonds is 2. The molecular formula is C6H4N3NaO3S. The second-order valence-corrected chi connectivity index (χ2v) is 3.46. The first-order chi connectivity index (χ1) is 6.05. The molecule has 0 amide bonds. The molecule has 0 unspecified atom stereocenters. The van der Waals surface area contributed by atoms with Gasteiger partial charge < -0.3 is 4.55 Å². The first-order valence-corrected chi connectivity index (χ1v) is 4.56. The summed E-state index contributed by atoms with van der Waals surface area (Å²) in [6, 6.07) is 5.19. The molecule has 0 aliphatic rings. The van der Waals surface area contributed by atoms with Crippen molar-refractivity contribution in [3.05, 3.63) is 34.7 Å². The standard InChI is InChI=1S/C6H5N3O3S.Na/c7-9-8-5-3-1-2-4-6(5)13(10,11)12;/h1-4H,(H,10,11,12);/q;+1/p-1. The van der Waals surface area contributed by atoms with Gasteiger partial charge in [-0.15, -0.1) is 0 Å². The van der Waals surface area contributed by atoms with Crippen molar-refractivity contribution in [1.82, 2.24) is 0 Å². The predicted octanol–water partition coefficient (Wildman–Crippen LogP) is -1.46. The molecule has 8 heteroatoms. The number of azide groups is 1. The van der Waals surface area contributed by atoms with Crippen LogP contribution in [0.4, 0.5) is 5.69 Å². The molecule has 0 radical (unpaired) electrons. The summed E-state index contributed by atoms with van der Waals surface area (Å²) in [4.78, 5) is 1.90. The van der Waals surface area contributed by atoms with Crippen molar-refractivity contribution < 1.29 is 42.5 Å². The fourth-order valence-electron chi connectivity index (χ4n) is 0.799. The first-order valence-electron chi connectivity index (χ1n) is 3.16. The zero-order valence-electron chi connectivity index (χ0n) is 7.28. The Morgan fingerprint density at radius 2 is 1.93 bits per heavy atom. The Bertz CT molecular complexity index is 467. The van der Waals surface area contributed by atoms with E-state index in [1.165, 1.54) is 18.2 Å². The van der Waals surface area contributed by atoms with Gasteiger partial charge in [0.1, 0.15) is 10.1 Å². The SMILES string of the molecule is [N-]=[N+]=Nc1ccccc1S(=O)(=O)[O-].[Na+]. The molecule has 0 saturated heterocycles. The number of hydrogen-bond donors (Lipinski definition) is 0. The molecule has 0 bridgehead atoms. The van der Waals surface area contributed by atoms with E-state index in [2.05, 4.69) is 10.0 Å². The maximum Gasteiger partial charge on any atom is 1.00 e. The molecular weight excluding hydrogens is 217 g/mol. The molecule has 0 atom stereocenters. The quantitative estimate of drug-likeness (QED) is 0.200. The molecule has 0 spiro atoms. The van der Waals surface area contributed by atoms with E-state index >= 15 is 0 Å². The average molecular weight is 221 g/mol. The van der Waals surface area contributed by atoms with Crippen LogP contribution >= 0.6 is 0 Å². The number of nitrogens with zero attached hydrogens (tertiary/aromatic N) is 3. The summed E-state index contributed by atoms with van der Waals surface area (Å²) >= 11 is 0. The topological polar surface area (TPSA) is 106 Å². The van der Waals surface area contributed by atoms with Crippen molar-refractivity contribution in [2.45, 2.75) is 4.90 Å². The zero-order chi connectivity index (χ0) is 9.90. The minimum atomic E-state index is -4.57. The van der Waals surface area contributed by atoms with Gasteiger partial charge in [-0.2, -0.15) is 0 Å². The molecule has 0 heterocycles. The van der Waals surface area contributed by atoms with Crippen molar-refractivity contribution in [3.63, 3.8) is 0 Å². The smallest absolute Gasteiger partial charge is 0.744 e. The Hall–Kier alpha value is -0.560. The summed E-state index contributed by atoms with van der Waals surface area (Å²) in [5.74, 6) is 0. The van der Waals surface area contributed by atoms with Gasteiger partial charge in [-0.05, 0) is 11.6 Å². The Morgan fingerprint density at radius 3 is 2.43 bits per heavy atom. The third-order valence-electron chi connectivity index (χ3n) is 1.29. The van der Waals surface area contributed by atoms with E-state index in [0.717, 1.165) is 6.07 Å². The maximum atomic E-state index is 10.6. The molecule has 0 aliphatic carbocycles. The molecule has 0 fully saturated rings. The third kappa shape index (κ3) is 3.30. The van der Waals surface area contributed by atoms with Gasteiger partial charge in [0.25, 0.3) is 0 Å². The molecule has 6 nitrogen and oxygen atoms in total. The largest absolute Gasteiger partial charge is 1.00 e. The van der Waals surface area contributed by atoms with E-state index in [0.29, 0.717) is 0 Å². The van der Waals surface area contributed by atoms with Gasteiger partial charge in [0.15, 0.2) is 0 Å². The summed E-state index contributed by atoms with van der Waals surface area (Å²) in [6.45, 7) is 0. The van der Waals surface area contributed by atoms with E-state index < -0.39 is 15.0 Å². The van der Waals surface area contributed by atoms with Crippen LogP contribution in [0, 0.1) is 0 Å². The predicted molar refractivity (Wildman–Crippen MR) is 43.2 cm³/mol. The van der Waals surface area contributed by atoms with E-state index in [-0.39, 0.29) is 35.2 Å². The van der Waals surface area contributed by atoms with Crippen LogP contribution in [0.2, 0.25) is 0 Å². The van der Waals surface area contributed by atoms with E-state index in [1.807, 2.05) is 0 Å². The normalized spacial score (nSPS) is 9.79. The van der Waals surface area contributed by atoms with Crippen molar-refractivity contribution in [2.24, 2.45) is 5.11 Å². The molecule has 0 aromatic heterocycles. The summed E-state index contributed by atoms with van der Waals surface area (Å²) in [6.07, 6.45) is 0. The van der Waals surface area contributed by atoms with Crippen LogP contribution in [0.15, 0.2) is 34.3 Å². The summed E-state index contributed by atoms with van der Waals surface area (Å²) in [5, 5.41) is 3.07. The van der Waals surface area contributed by atoms with Crippen molar-refractivity contribution >= 4 is 15.8 Å². The Morgan fingerprint density at radius 1 is 1.36 bits per heavy atom. The summed E-state index contributed by atoms with van der Waals surface area (Å²) < 4.78 is 31.8. The van der Waals surface area contributed by atoms with Crippen LogP contribution < -0.4 is 29.6 Å². The van der Waals surface area contributed by atoms with Crippen molar-refractivity contribution in [1.29, 1.82) is 0 Å². The maximum absolute atomic E-state index is 10.6. The third-order valence-corrected chi connectivity index (χ3v) is 2.17. The molecule has 0 N–H and O–H groups in total. The summed E-state index contributed by atoms with van der Waals surface area (Å²) in [5.41, 5.74) is 7.89.